The fraction of sp³-hybridized carbons (Fsp3) is 0.647. The summed E-state index contributed by atoms with van der Waals surface area (Å²) in [5.41, 5.74) is 0.864. The summed E-state index contributed by atoms with van der Waals surface area (Å²) in [7, 11) is 0. The van der Waals surface area contributed by atoms with Gasteiger partial charge in [0.1, 0.15) is 5.75 Å². The van der Waals surface area contributed by atoms with Crippen LogP contribution in [0.1, 0.15) is 45.3 Å². The van der Waals surface area contributed by atoms with Gasteiger partial charge in [-0.1, -0.05) is 24.6 Å². The fourth-order valence-electron chi connectivity index (χ4n) is 2.85. The fourth-order valence-corrected chi connectivity index (χ4v) is 3.08. The zero-order chi connectivity index (χ0) is 15.4. The van der Waals surface area contributed by atoms with Gasteiger partial charge in [0.05, 0.1) is 17.2 Å². The summed E-state index contributed by atoms with van der Waals surface area (Å²) < 4.78 is 5.63. The van der Waals surface area contributed by atoms with Crippen LogP contribution in [-0.2, 0) is 0 Å². The van der Waals surface area contributed by atoms with E-state index in [1.54, 1.807) is 0 Å². The highest BCUT2D eigenvalue weighted by molar-refractivity contribution is 6.32. The number of likely N-dealkylation sites (tertiary alicyclic amines) is 1. The maximum Gasteiger partial charge on any atom is 0.138 e. The minimum absolute atomic E-state index is 0.0902. The number of hydrogen-bond acceptors (Lipinski definition) is 3. The maximum absolute atomic E-state index is 10.5. The van der Waals surface area contributed by atoms with Crippen molar-refractivity contribution in [2.75, 3.05) is 19.6 Å². The van der Waals surface area contributed by atoms with Gasteiger partial charge in [0.25, 0.3) is 0 Å². The Morgan fingerprint density at radius 3 is 2.48 bits per heavy atom. The van der Waals surface area contributed by atoms with Crippen LogP contribution < -0.4 is 4.74 Å². The van der Waals surface area contributed by atoms with Crippen LogP contribution >= 0.6 is 11.6 Å². The summed E-state index contributed by atoms with van der Waals surface area (Å²) in [4.78, 5) is 2.42. The van der Waals surface area contributed by atoms with E-state index >= 15 is 0 Å². The first-order chi connectivity index (χ1) is 9.97. The Kier molecular flexibility index (Phi) is 5.91. The summed E-state index contributed by atoms with van der Waals surface area (Å²) in [6, 6.07) is 5.59. The maximum atomic E-state index is 10.5. The first kappa shape index (κ1) is 16.6. The van der Waals surface area contributed by atoms with Gasteiger partial charge in [-0.25, -0.2) is 0 Å². The molecule has 2 atom stereocenters. The zero-order valence-corrected chi connectivity index (χ0v) is 13.9. The summed E-state index contributed by atoms with van der Waals surface area (Å²) in [6.07, 6.45) is 2.15. The first-order valence-corrected chi connectivity index (χ1v) is 8.21. The molecule has 0 aliphatic carbocycles. The van der Waals surface area contributed by atoms with E-state index in [1.165, 1.54) is 12.8 Å². The SMILES string of the molecule is CC(C)Oc1ccc(C(O)[C@H](C)CN2CCCC2)cc1Cl. The monoisotopic (exact) mass is 311 g/mol. The molecule has 1 heterocycles. The number of halogens is 1. The number of hydrogen-bond donors (Lipinski definition) is 1. The van der Waals surface area contributed by atoms with Crippen molar-refractivity contribution in [3.05, 3.63) is 28.8 Å². The quantitative estimate of drug-likeness (QED) is 0.865. The third-order valence-electron chi connectivity index (χ3n) is 3.94. The molecule has 1 unspecified atom stereocenters. The van der Waals surface area contributed by atoms with E-state index in [1.807, 2.05) is 32.0 Å². The molecule has 3 nitrogen and oxygen atoms in total. The number of aliphatic hydroxyl groups excluding tert-OH is 1. The second-order valence-electron chi connectivity index (χ2n) is 6.29. The van der Waals surface area contributed by atoms with Crippen molar-refractivity contribution in [2.24, 2.45) is 5.92 Å². The Balaban J connectivity index is 2.00. The van der Waals surface area contributed by atoms with E-state index < -0.39 is 6.10 Å². The molecular weight excluding hydrogens is 286 g/mol. The van der Waals surface area contributed by atoms with E-state index in [0.717, 1.165) is 25.2 Å². The molecule has 0 amide bonds. The molecule has 21 heavy (non-hydrogen) atoms. The standard InChI is InChI=1S/C17H26ClNO2/c1-12(2)21-16-7-6-14(10-15(16)18)17(20)13(3)11-19-8-4-5-9-19/h6-7,10,12-13,17,20H,4-5,8-9,11H2,1-3H3/t13-,17?/m1/s1. The Morgan fingerprint density at radius 1 is 1.24 bits per heavy atom. The molecule has 1 fully saturated rings. The number of rotatable bonds is 6. The predicted octanol–water partition coefficient (Wildman–Crippen LogP) is 3.89. The van der Waals surface area contributed by atoms with Gasteiger partial charge >= 0.3 is 0 Å². The molecule has 1 aliphatic rings. The Bertz CT molecular complexity index is 458. The van der Waals surface area contributed by atoms with Crippen LogP contribution in [0.25, 0.3) is 0 Å². The number of benzene rings is 1. The molecule has 1 aromatic carbocycles. The van der Waals surface area contributed by atoms with Crippen LogP contribution in [0.4, 0.5) is 0 Å². The highest BCUT2D eigenvalue weighted by Gasteiger charge is 2.22. The van der Waals surface area contributed by atoms with Crippen LogP contribution in [0.5, 0.6) is 5.75 Å². The summed E-state index contributed by atoms with van der Waals surface area (Å²) in [5, 5.41) is 11.1. The Hall–Kier alpha value is -0.770. The smallest absolute Gasteiger partial charge is 0.138 e. The molecule has 0 spiro atoms. The predicted molar refractivity (Wildman–Crippen MR) is 87.0 cm³/mol. The van der Waals surface area contributed by atoms with Crippen molar-refractivity contribution in [3.63, 3.8) is 0 Å². The van der Waals surface area contributed by atoms with Crippen molar-refractivity contribution < 1.29 is 9.84 Å². The zero-order valence-electron chi connectivity index (χ0n) is 13.2. The Labute approximate surface area is 132 Å². The number of ether oxygens (including phenoxy) is 1. The van der Waals surface area contributed by atoms with E-state index in [-0.39, 0.29) is 12.0 Å². The largest absolute Gasteiger partial charge is 0.489 e. The lowest BCUT2D eigenvalue weighted by Gasteiger charge is -2.25. The summed E-state index contributed by atoms with van der Waals surface area (Å²) >= 11 is 6.25. The van der Waals surface area contributed by atoms with Gasteiger partial charge < -0.3 is 14.7 Å². The van der Waals surface area contributed by atoms with Crippen LogP contribution in [-0.4, -0.2) is 35.7 Å². The van der Waals surface area contributed by atoms with Crippen LogP contribution in [0.3, 0.4) is 0 Å². The molecule has 1 aromatic rings. The summed E-state index contributed by atoms with van der Waals surface area (Å²) in [5.74, 6) is 0.867. The third kappa shape index (κ3) is 4.60. The number of aliphatic hydroxyl groups is 1. The van der Waals surface area contributed by atoms with Gasteiger partial charge in [-0.3, -0.25) is 0 Å². The van der Waals surface area contributed by atoms with Crippen molar-refractivity contribution in [1.82, 2.24) is 4.90 Å². The van der Waals surface area contributed by atoms with Crippen LogP contribution in [0.2, 0.25) is 5.02 Å². The second kappa shape index (κ2) is 7.48. The lowest BCUT2D eigenvalue weighted by Crippen LogP contribution is -2.28. The average Bonchev–Trinajstić information content (AvgIpc) is 2.92. The highest BCUT2D eigenvalue weighted by atomic mass is 35.5. The van der Waals surface area contributed by atoms with Crippen molar-refractivity contribution in [1.29, 1.82) is 0 Å². The molecule has 0 saturated carbocycles. The molecular formula is C17H26ClNO2. The third-order valence-corrected chi connectivity index (χ3v) is 4.24. The molecule has 0 radical (unpaired) electrons. The van der Waals surface area contributed by atoms with Gasteiger partial charge in [-0.15, -0.1) is 0 Å². The molecule has 2 rings (SSSR count). The lowest BCUT2D eigenvalue weighted by molar-refractivity contribution is 0.0945. The molecule has 1 saturated heterocycles. The summed E-state index contributed by atoms with van der Waals surface area (Å²) in [6.45, 7) is 9.27. The molecule has 1 aliphatic heterocycles. The van der Waals surface area contributed by atoms with Gasteiger partial charge in [0.2, 0.25) is 0 Å². The molecule has 4 heteroatoms. The highest BCUT2D eigenvalue weighted by Crippen LogP contribution is 2.31. The average molecular weight is 312 g/mol. The minimum Gasteiger partial charge on any atom is -0.489 e. The second-order valence-corrected chi connectivity index (χ2v) is 6.69. The molecule has 118 valence electrons. The lowest BCUT2D eigenvalue weighted by atomic mass is 9.97. The van der Waals surface area contributed by atoms with E-state index in [0.29, 0.717) is 10.8 Å². The van der Waals surface area contributed by atoms with E-state index in [2.05, 4.69) is 11.8 Å². The van der Waals surface area contributed by atoms with Crippen molar-refractivity contribution in [2.45, 2.75) is 45.8 Å². The van der Waals surface area contributed by atoms with Crippen LogP contribution in [0, 0.1) is 5.92 Å². The minimum atomic E-state index is -0.490. The Morgan fingerprint density at radius 2 is 1.90 bits per heavy atom. The van der Waals surface area contributed by atoms with Gasteiger partial charge in [-0.2, -0.15) is 0 Å². The molecule has 0 bridgehead atoms. The molecule has 1 N–H and O–H groups in total. The van der Waals surface area contributed by atoms with Gasteiger partial charge in [-0.05, 0) is 63.4 Å². The van der Waals surface area contributed by atoms with E-state index in [4.69, 9.17) is 16.3 Å². The van der Waals surface area contributed by atoms with Crippen molar-refractivity contribution >= 4 is 11.6 Å². The van der Waals surface area contributed by atoms with Gasteiger partial charge in [0.15, 0.2) is 0 Å². The number of nitrogens with zero attached hydrogens (tertiary/aromatic N) is 1. The van der Waals surface area contributed by atoms with E-state index in [9.17, 15) is 5.11 Å². The first-order valence-electron chi connectivity index (χ1n) is 7.84. The van der Waals surface area contributed by atoms with Crippen LogP contribution in [0.15, 0.2) is 18.2 Å². The van der Waals surface area contributed by atoms with Gasteiger partial charge in [0, 0.05) is 6.54 Å². The topological polar surface area (TPSA) is 32.7 Å². The normalized spacial score (nSPS) is 19.0. The van der Waals surface area contributed by atoms with Crippen molar-refractivity contribution in [3.8, 4) is 5.75 Å². The molecule has 0 aromatic heterocycles.